The second-order valence-corrected chi connectivity index (χ2v) is 5.16. The number of amides is 1. The fraction of sp³-hybridized carbons (Fsp3) is 0.500. The number of nitrogens with one attached hydrogen (secondary N) is 1. The summed E-state index contributed by atoms with van der Waals surface area (Å²) in [5, 5.41) is 22.7. The SMILES string of the molecule is Cc1ccc([N+](=O)[O-])cc1C(=O)NCC(C)CC(C)O. The number of carbonyl (C=O) groups excluding carboxylic acids is 1. The maximum absolute atomic E-state index is 12.0. The van der Waals surface area contributed by atoms with Crippen molar-refractivity contribution in [2.45, 2.75) is 33.3 Å². The lowest BCUT2D eigenvalue weighted by Crippen LogP contribution is -2.30. The Kier molecular flexibility index (Phi) is 5.64. The molecule has 0 heterocycles. The highest BCUT2D eigenvalue weighted by Crippen LogP contribution is 2.17. The molecule has 0 saturated heterocycles. The van der Waals surface area contributed by atoms with E-state index in [1.807, 2.05) is 6.92 Å². The summed E-state index contributed by atoms with van der Waals surface area (Å²) in [5.74, 6) is -0.193. The molecule has 0 aliphatic rings. The van der Waals surface area contributed by atoms with Crippen molar-refractivity contribution in [2.24, 2.45) is 5.92 Å². The highest BCUT2D eigenvalue weighted by molar-refractivity contribution is 5.96. The first-order valence-electron chi connectivity index (χ1n) is 6.52. The molecule has 1 aromatic carbocycles. The standard InChI is InChI=1S/C14H20N2O4/c1-9(6-11(3)17)8-15-14(18)13-7-12(16(19)20)5-4-10(13)2/h4-5,7,9,11,17H,6,8H2,1-3H3,(H,15,18). The van der Waals surface area contributed by atoms with Gasteiger partial charge < -0.3 is 10.4 Å². The summed E-state index contributed by atoms with van der Waals surface area (Å²) in [6.45, 7) is 5.78. The Morgan fingerprint density at radius 3 is 2.65 bits per heavy atom. The first kappa shape index (κ1) is 16.1. The van der Waals surface area contributed by atoms with Crippen LogP contribution in [0.1, 0.15) is 36.2 Å². The number of aliphatic hydroxyl groups excluding tert-OH is 1. The number of aryl methyl sites for hydroxylation is 1. The quantitative estimate of drug-likeness (QED) is 0.616. The summed E-state index contributed by atoms with van der Waals surface area (Å²) in [5.41, 5.74) is 0.900. The maximum Gasteiger partial charge on any atom is 0.270 e. The molecule has 1 aromatic rings. The van der Waals surface area contributed by atoms with Gasteiger partial charge in [-0.2, -0.15) is 0 Å². The molecular formula is C14H20N2O4. The number of benzene rings is 1. The lowest BCUT2D eigenvalue weighted by Gasteiger charge is -2.14. The molecule has 1 rings (SSSR count). The molecule has 0 aliphatic carbocycles. The average Bonchev–Trinajstić information content (AvgIpc) is 2.35. The smallest absolute Gasteiger partial charge is 0.270 e. The van der Waals surface area contributed by atoms with Crippen LogP contribution < -0.4 is 5.32 Å². The maximum atomic E-state index is 12.0. The van der Waals surface area contributed by atoms with E-state index in [1.54, 1.807) is 19.9 Å². The molecule has 0 aliphatic heterocycles. The molecular weight excluding hydrogens is 260 g/mol. The van der Waals surface area contributed by atoms with Crippen LogP contribution in [0, 0.1) is 23.0 Å². The van der Waals surface area contributed by atoms with Crippen LogP contribution in [0.15, 0.2) is 18.2 Å². The molecule has 2 unspecified atom stereocenters. The fourth-order valence-corrected chi connectivity index (χ4v) is 2.00. The van der Waals surface area contributed by atoms with Crippen molar-refractivity contribution in [2.75, 3.05) is 6.54 Å². The van der Waals surface area contributed by atoms with E-state index in [2.05, 4.69) is 5.32 Å². The summed E-state index contributed by atoms with van der Waals surface area (Å²) >= 11 is 0. The van der Waals surface area contributed by atoms with Gasteiger partial charge in [0, 0.05) is 24.2 Å². The summed E-state index contributed by atoms with van der Waals surface area (Å²) in [6.07, 6.45) is 0.176. The van der Waals surface area contributed by atoms with Gasteiger partial charge in [-0.1, -0.05) is 13.0 Å². The van der Waals surface area contributed by atoms with Gasteiger partial charge in [0.25, 0.3) is 11.6 Å². The highest BCUT2D eigenvalue weighted by Gasteiger charge is 2.15. The van der Waals surface area contributed by atoms with E-state index in [0.29, 0.717) is 24.1 Å². The van der Waals surface area contributed by atoms with Crippen LogP contribution >= 0.6 is 0 Å². The number of hydrogen-bond donors (Lipinski definition) is 2. The van der Waals surface area contributed by atoms with Crippen molar-refractivity contribution in [3.8, 4) is 0 Å². The molecule has 0 bridgehead atoms. The minimum Gasteiger partial charge on any atom is -0.393 e. The zero-order valence-corrected chi connectivity index (χ0v) is 11.9. The van der Waals surface area contributed by atoms with Crippen LogP contribution in [-0.2, 0) is 0 Å². The van der Waals surface area contributed by atoms with Crippen molar-refractivity contribution >= 4 is 11.6 Å². The van der Waals surface area contributed by atoms with Crippen LogP contribution in [0.25, 0.3) is 0 Å². The van der Waals surface area contributed by atoms with Crippen molar-refractivity contribution in [3.05, 3.63) is 39.4 Å². The van der Waals surface area contributed by atoms with Gasteiger partial charge in [-0.15, -0.1) is 0 Å². The normalized spacial score (nSPS) is 13.6. The molecule has 110 valence electrons. The van der Waals surface area contributed by atoms with Gasteiger partial charge in [0.15, 0.2) is 0 Å². The molecule has 1 amide bonds. The first-order valence-corrected chi connectivity index (χ1v) is 6.52. The fourth-order valence-electron chi connectivity index (χ4n) is 2.00. The van der Waals surface area contributed by atoms with Gasteiger partial charge in [0.2, 0.25) is 0 Å². The number of aliphatic hydroxyl groups is 1. The number of non-ortho nitro benzene ring substituents is 1. The minimum absolute atomic E-state index is 0.0993. The molecule has 0 fully saturated rings. The van der Waals surface area contributed by atoms with E-state index in [0.717, 1.165) is 0 Å². The van der Waals surface area contributed by atoms with Gasteiger partial charge in [-0.25, -0.2) is 0 Å². The average molecular weight is 280 g/mol. The third-order valence-corrected chi connectivity index (χ3v) is 3.03. The third kappa shape index (κ3) is 4.62. The zero-order valence-electron chi connectivity index (χ0n) is 11.9. The van der Waals surface area contributed by atoms with Crippen LogP contribution in [0.5, 0.6) is 0 Å². The molecule has 0 radical (unpaired) electrons. The topological polar surface area (TPSA) is 92.5 Å². The van der Waals surface area contributed by atoms with Gasteiger partial charge in [-0.05, 0) is 31.7 Å². The number of carbonyl (C=O) groups is 1. The monoisotopic (exact) mass is 280 g/mol. The Bertz CT molecular complexity index is 500. The second kappa shape index (κ2) is 7.00. The zero-order chi connectivity index (χ0) is 15.3. The Labute approximate surface area is 118 Å². The van der Waals surface area contributed by atoms with E-state index in [4.69, 9.17) is 0 Å². The molecule has 0 aromatic heterocycles. The molecule has 0 spiro atoms. The summed E-state index contributed by atoms with van der Waals surface area (Å²) in [4.78, 5) is 22.2. The van der Waals surface area contributed by atoms with E-state index in [9.17, 15) is 20.0 Å². The van der Waals surface area contributed by atoms with E-state index in [1.165, 1.54) is 12.1 Å². The van der Waals surface area contributed by atoms with Gasteiger partial charge in [0.1, 0.15) is 0 Å². The lowest BCUT2D eigenvalue weighted by molar-refractivity contribution is -0.384. The van der Waals surface area contributed by atoms with Crippen molar-refractivity contribution in [1.82, 2.24) is 5.32 Å². The summed E-state index contributed by atoms with van der Waals surface area (Å²) < 4.78 is 0. The summed E-state index contributed by atoms with van der Waals surface area (Å²) in [7, 11) is 0. The number of rotatable bonds is 6. The number of nitro benzene ring substituents is 1. The first-order chi connectivity index (χ1) is 9.31. The summed E-state index contributed by atoms with van der Waals surface area (Å²) in [6, 6.07) is 4.22. The molecule has 20 heavy (non-hydrogen) atoms. The molecule has 6 heteroatoms. The Morgan fingerprint density at radius 2 is 2.10 bits per heavy atom. The number of nitrogens with zero attached hydrogens (tertiary/aromatic N) is 1. The molecule has 6 nitrogen and oxygen atoms in total. The van der Waals surface area contributed by atoms with Crippen LogP contribution in [0.4, 0.5) is 5.69 Å². The lowest BCUT2D eigenvalue weighted by atomic mass is 10.0. The van der Waals surface area contributed by atoms with E-state index < -0.39 is 11.0 Å². The molecule has 0 saturated carbocycles. The Morgan fingerprint density at radius 1 is 1.45 bits per heavy atom. The van der Waals surface area contributed by atoms with Crippen LogP contribution in [-0.4, -0.2) is 28.6 Å². The predicted molar refractivity (Wildman–Crippen MR) is 75.6 cm³/mol. The van der Waals surface area contributed by atoms with Gasteiger partial charge >= 0.3 is 0 Å². The van der Waals surface area contributed by atoms with E-state index >= 15 is 0 Å². The van der Waals surface area contributed by atoms with Crippen LogP contribution in [0.2, 0.25) is 0 Å². The van der Waals surface area contributed by atoms with Gasteiger partial charge in [-0.3, -0.25) is 14.9 Å². The van der Waals surface area contributed by atoms with Crippen molar-refractivity contribution < 1.29 is 14.8 Å². The van der Waals surface area contributed by atoms with E-state index in [-0.39, 0.29) is 17.5 Å². The number of hydrogen-bond acceptors (Lipinski definition) is 4. The Balaban J connectivity index is 2.72. The number of nitro groups is 1. The van der Waals surface area contributed by atoms with Gasteiger partial charge in [0.05, 0.1) is 11.0 Å². The van der Waals surface area contributed by atoms with Crippen molar-refractivity contribution in [1.29, 1.82) is 0 Å². The highest BCUT2D eigenvalue weighted by atomic mass is 16.6. The van der Waals surface area contributed by atoms with Crippen LogP contribution in [0.3, 0.4) is 0 Å². The Hall–Kier alpha value is -1.95. The van der Waals surface area contributed by atoms with Crippen molar-refractivity contribution in [3.63, 3.8) is 0 Å². The second-order valence-electron chi connectivity index (χ2n) is 5.16. The molecule has 2 atom stereocenters. The largest absolute Gasteiger partial charge is 0.393 e. The third-order valence-electron chi connectivity index (χ3n) is 3.03. The molecule has 2 N–H and O–H groups in total. The minimum atomic E-state index is -0.522. The predicted octanol–water partition coefficient (Wildman–Crippen LogP) is 2.04.